The Morgan fingerprint density at radius 3 is 2.72 bits per heavy atom. The van der Waals surface area contributed by atoms with Gasteiger partial charge in [0.05, 0.1) is 5.56 Å². The Balaban J connectivity index is 2.30. The molecule has 92 valence electrons. The molecule has 0 atom stereocenters. The summed E-state index contributed by atoms with van der Waals surface area (Å²) in [6, 6.07) is 13.5. The zero-order valence-electron chi connectivity index (χ0n) is 10.6. The Kier molecular flexibility index (Phi) is 3.78. The van der Waals surface area contributed by atoms with E-state index in [9.17, 15) is 4.79 Å². The minimum Gasteiger partial charge on any atom is -0.457 e. The Morgan fingerprint density at radius 1 is 1.17 bits per heavy atom. The molecule has 0 bridgehead atoms. The van der Waals surface area contributed by atoms with Gasteiger partial charge in [-0.2, -0.15) is 0 Å². The molecular formula is C16H16O2. The lowest BCUT2D eigenvalue weighted by Crippen LogP contribution is -1.92. The summed E-state index contributed by atoms with van der Waals surface area (Å²) >= 11 is 0. The van der Waals surface area contributed by atoms with Crippen LogP contribution in [0.3, 0.4) is 0 Å². The van der Waals surface area contributed by atoms with Crippen molar-refractivity contribution in [3.63, 3.8) is 0 Å². The molecule has 2 rings (SSSR count). The fraction of sp³-hybridized carbons (Fsp3) is 0.188. The minimum atomic E-state index is 0.580. The molecule has 0 unspecified atom stereocenters. The standard InChI is InChI=1S/C16H16O2/c1-3-13-5-4-6-15(10-13)18-16-8-7-12(2)9-14(16)11-17/h4-11H,3H2,1-2H3. The van der Waals surface area contributed by atoms with E-state index in [0.717, 1.165) is 24.0 Å². The predicted octanol–water partition coefficient (Wildman–Crippen LogP) is 4.16. The zero-order valence-corrected chi connectivity index (χ0v) is 10.6. The number of rotatable bonds is 4. The molecule has 2 aromatic carbocycles. The molecule has 0 amide bonds. The molecule has 18 heavy (non-hydrogen) atoms. The molecule has 0 aliphatic heterocycles. The number of aldehydes is 1. The molecule has 0 aliphatic carbocycles. The number of aryl methyl sites for hydroxylation is 2. The smallest absolute Gasteiger partial charge is 0.153 e. The average Bonchev–Trinajstić information content (AvgIpc) is 2.41. The lowest BCUT2D eigenvalue weighted by Gasteiger charge is -2.09. The van der Waals surface area contributed by atoms with E-state index < -0.39 is 0 Å². The summed E-state index contributed by atoms with van der Waals surface area (Å²) in [6.07, 6.45) is 1.79. The van der Waals surface area contributed by atoms with Gasteiger partial charge in [0.25, 0.3) is 0 Å². The van der Waals surface area contributed by atoms with Crippen molar-refractivity contribution in [1.29, 1.82) is 0 Å². The van der Waals surface area contributed by atoms with Gasteiger partial charge in [0.1, 0.15) is 11.5 Å². The average molecular weight is 240 g/mol. The predicted molar refractivity (Wildman–Crippen MR) is 72.5 cm³/mol. The molecular weight excluding hydrogens is 224 g/mol. The summed E-state index contributed by atoms with van der Waals surface area (Å²) in [7, 11) is 0. The van der Waals surface area contributed by atoms with Gasteiger partial charge in [-0.1, -0.05) is 30.7 Å². The number of hydrogen-bond donors (Lipinski definition) is 0. The minimum absolute atomic E-state index is 0.580. The van der Waals surface area contributed by atoms with Gasteiger partial charge in [0.2, 0.25) is 0 Å². The van der Waals surface area contributed by atoms with E-state index in [1.165, 1.54) is 5.56 Å². The number of carbonyl (C=O) groups excluding carboxylic acids is 1. The van der Waals surface area contributed by atoms with Gasteiger partial charge in [-0.15, -0.1) is 0 Å². The maximum Gasteiger partial charge on any atom is 0.153 e. The van der Waals surface area contributed by atoms with E-state index in [-0.39, 0.29) is 0 Å². The van der Waals surface area contributed by atoms with E-state index >= 15 is 0 Å². The first-order valence-electron chi connectivity index (χ1n) is 6.05. The third-order valence-electron chi connectivity index (χ3n) is 2.83. The summed E-state index contributed by atoms with van der Waals surface area (Å²) in [5, 5.41) is 0. The molecule has 0 heterocycles. The second kappa shape index (κ2) is 5.50. The number of hydrogen-bond acceptors (Lipinski definition) is 2. The molecule has 0 N–H and O–H groups in total. The molecule has 0 radical (unpaired) electrons. The van der Waals surface area contributed by atoms with Gasteiger partial charge >= 0.3 is 0 Å². The van der Waals surface area contributed by atoms with Crippen LogP contribution in [0.5, 0.6) is 11.5 Å². The quantitative estimate of drug-likeness (QED) is 0.750. The van der Waals surface area contributed by atoms with Gasteiger partial charge < -0.3 is 4.74 Å². The van der Waals surface area contributed by atoms with Crippen LogP contribution in [0.4, 0.5) is 0 Å². The van der Waals surface area contributed by atoms with Crippen molar-refractivity contribution in [1.82, 2.24) is 0 Å². The van der Waals surface area contributed by atoms with Crippen LogP contribution in [0.2, 0.25) is 0 Å². The van der Waals surface area contributed by atoms with Crippen LogP contribution in [0.15, 0.2) is 42.5 Å². The molecule has 0 saturated heterocycles. The topological polar surface area (TPSA) is 26.3 Å². The molecule has 0 fully saturated rings. The van der Waals surface area contributed by atoms with E-state index in [0.29, 0.717) is 11.3 Å². The molecule has 0 spiro atoms. The van der Waals surface area contributed by atoms with Gasteiger partial charge in [0.15, 0.2) is 6.29 Å². The Bertz CT molecular complexity index is 559. The Hall–Kier alpha value is -2.09. The van der Waals surface area contributed by atoms with E-state index in [4.69, 9.17) is 4.74 Å². The Labute approximate surface area is 107 Å². The molecule has 2 nitrogen and oxygen atoms in total. The van der Waals surface area contributed by atoms with Crippen LogP contribution in [0.1, 0.15) is 28.4 Å². The maximum atomic E-state index is 11.0. The van der Waals surface area contributed by atoms with Crippen LogP contribution in [0.25, 0.3) is 0 Å². The molecule has 2 heteroatoms. The summed E-state index contributed by atoms with van der Waals surface area (Å²) in [5.41, 5.74) is 2.84. The number of ether oxygens (including phenoxy) is 1. The lowest BCUT2D eigenvalue weighted by atomic mass is 10.1. The van der Waals surface area contributed by atoms with Crippen LogP contribution < -0.4 is 4.74 Å². The fourth-order valence-corrected chi connectivity index (χ4v) is 1.81. The van der Waals surface area contributed by atoms with Crippen LogP contribution in [-0.4, -0.2) is 6.29 Å². The van der Waals surface area contributed by atoms with Gasteiger partial charge in [0, 0.05) is 0 Å². The normalized spacial score (nSPS) is 10.1. The second-order valence-corrected chi connectivity index (χ2v) is 4.26. The highest BCUT2D eigenvalue weighted by Crippen LogP contribution is 2.26. The van der Waals surface area contributed by atoms with Crippen molar-refractivity contribution in [2.24, 2.45) is 0 Å². The fourth-order valence-electron chi connectivity index (χ4n) is 1.81. The van der Waals surface area contributed by atoms with E-state index in [1.54, 1.807) is 0 Å². The highest BCUT2D eigenvalue weighted by atomic mass is 16.5. The molecule has 0 aliphatic rings. The SMILES string of the molecule is CCc1cccc(Oc2ccc(C)cc2C=O)c1. The first-order chi connectivity index (χ1) is 8.72. The van der Waals surface area contributed by atoms with E-state index in [2.05, 4.69) is 13.0 Å². The highest BCUT2D eigenvalue weighted by molar-refractivity contribution is 5.79. The molecule has 0 aromatic heterocycles. The first-order valence-corrected chi connectivity index (χ1v) is 6.05. The lowest BCUT2D eigenvalue weighted by molar-refractivity contribution is 0.112. The first kappa shape index (κ1) is 12.4. The van der Waals surface area contributed by atoms with E-state index in [1.807, 2.05) is 43.3 Å². The van der Waals surface area contributed by atoms with Gasteiger partial charge in [-0.3, -0.25) is 4.79 Å². The van der Waals surface area contributed by atoms with Gasteiger partial charge in [-0.05, 0) is 43.2 Å². The van der Waals surface area contributed by atoms with Crippen molar-refractivity contribution in [2.75, 3.05) is 0 Å². The van der Waals surface area contributed by atoms with Crippen molar-refractivity contribution in [3.8, 4) is 11.5 Å². The van der Waals surface area contributed by atoms with Crippen molar-refractivity contribution in [3.05, 3.63) is 59.2 Å². The second-order valence-electron chi connectivity index (χ2n) is 4.26. The largest absolute Gasteiger partial charge is 0.457 e. The number of benzene rings is 2. The number of carbonyl (C=O) groups is 1. The van der Waals surface area contributed by atoms with Crippen LogP contribution >= 0.6 is 0 Å². The highest BCUT2D eigenvalue weighted by Gasteiger charge is 2.05. The van der Waals surface area contributed by atoms with Crippen molar-refractivity contribution >= 4 is 6.29 Å². The summed E-state index contributed by atoms with van der Waals surface area (Å²) in [5.74, 6) is 1.37. The molecule has 0 saturated carbocycles. The third kappa shape index (κ3) is 2.77. The van der Waals surface area contributed by atoms with Crippen LogP contribution in [-0.2, 0) is 6.42 Å². The maximum absolute atomic E-state index is 11.0. The summed E-state index contributed by atoms with van der Waals surface area (Å²) < 4.78 is 5.77. The molecule has 2 aromatic rings. The third-order valence-corrected chi connectivity index (χ3v) is 2.83. The zero-order chi connectivity index (χ0) is 13.0. The summed E-state index contributed by atoms with van der Waals surface area (Å²) in [4.78, 5) is 11.0. The van der Waals surface area contributed by atoms with Gasteiger partial charge in [-0.25, -0.2) is 0 Å². The summed E-state index contributed by atoms with van der Waals surface area (Å²) in [6.45, 7) is 4.05. The van der Waals surface area contributed by atoms with Crippen molar-refractivity contribution in [2.45, 2.75) is 20.3 Å². The van der Waals surface area contributed by atoms with Crippen molar-refractivity contribution < 1.29 is 9.53 Å². The monoisotopic (exact) mass is 240 g/mol. The Morgan fingerprint density at radius 2 is 2.00 bits per heavy atom. The van der Waals surface area contributed by atoms with Crippen LogP contribution in [0, 0.1) is 6.92 Å².